The minimum Gasteiger partial charge on any atom is -0.390 e. The maximum absolute atomic E-state index is 12.6. The summed E-state index contributed by atoms with van der Waals surface area (Å²) in [6.07, 6.45) is 4.91. The third-order valence-electron chi connectivity index (χ3n) is 4.86. The number of hydrogen-bond donors (Lipinski definition) is 3. The first-order valence-corrected chi connectivity index (χ1v) is 9.20. The monoisotopic (exact) mass is 331 g/mol. The average Bonchev–Trinajstić information content (AvgIpc) is 2.90. The Bertz CT molecular complexity index is 674. The molecule has 1 aliphatic carbocycles. The minimum absolute atomic E-state index is 0.0303. The molecule has 0 bridgehead atoms. The van der Waals surface area contributed by atoms with Crippen LogP contribution in [0.15, 0.2) is 24.3 Å². The van der Waals surface area contributed by atoms with Crippen molar-refractivity contribution < 1.29 is 4.79 Å². The summed E-state index contributed by atoms with van der Waals surface area (Å²) in [6.45, 7) is 1.87. The molecule has 1 fully saturated rings. The highest BCUT2D eigenvalue weighted by molar-refractivity contribution is 7.23. The third-order valence-corrected chi connectivity index (χ3v) is 5.86. The van der Waals surface area contributed by atoms with Gasteiger partial charge in [0.2, 0.25) is 0 Å². The summed E-state index contributed by atoms with van der Waals surface area (Å²) in [7, 11) is 2.02. The van der Waals surface area contributed by atoms with Gasteiger partial charge in [0, 0.05) is 16.6 Å². The van der Waals surface area contributed by atoms with E-state index in [-0.39, 0.29) is 5.91 Å². The molecule has 0 spiro atoms. The van der Waals surface area contributed by atoms with Crippen molar-refractivity contribution in [1.29, 1.82) is 0 Å². The quantitative estimate of drug-likeness (QED) is 0.788. The van der Waals surface area contributed by atoms with Gasteiger partial charge in [0.05, 0.1) is 10.6 Å². The third kappa shape index (κ3) is 3.67. The van der Waals surface area contributed by atoms with Crippen LogP contribution in [0.4, 0.5) is 5.00 Å². The van der Waals surface area contributed by atoms with Crippen LogP contribution in [-0.2, 0) is 0 Å². The van der Waals surface area contributed by atoms with Gasteiger partial charge in [0.25, 0.3) is 5.91 Å². The molecule has 1 aliphatic rings. The number of thiophene rings is 1. The van der Waals surface area contributed by atoms with E-state index in [1.165, 1.54) is 37.0 Å². The van der Waals surface area contributed by atoms with Crippen molar-refractivity contribution in [3.8, 4) is 0 Å². The first kappa shape index (κ1) is 16.3. The van der Waals surface area contributed by atoms with Gasteiger partial charge < -0.3 is 16.4 Å². The summed E-state index contributed by atoms with van der Waals surface area (Å²) in [6, 6.07) is 7.91. The van der Waals surface area contributed by atoms with Crippen molar-refractivity contribution in [2.24, 2.45) is 11.8 Å². The Morgan fingerprint density at radius 3 is 2.52 bits per heavy atom. The molecule has 0 unspecified atom stereocenters. The largest absolute Gasteiger partial charge is 0.390 e. The second kappa shape index (κ2) is 7.32. The van der Waals surface area contributed by atoms with Crippen molar-refractivity contribution in [2.75, 3.05) is 25.9 Å². The number of fused-ring (bicyclic) bond motifs is 1. The number of carbonyl (C=O) groups excluding carboxylic acids is 1. The molecule has 1 aromatic carbocycles. The second-order valence-corrected chi connectivity index (χ2v) is 7.58. The van der Waals surface area contributed by atoms with Gasteiger partial charge in [-0.1, -0.05) is 18.2 Å². The average molecular weight is 331 g/mol. The number of benzene rings is 1. The molecule has 0 radical (unpaired) electrons. The molecule has 1 saturated carbocycles. The zero-order valence-electron chi connectivity index (χ0n) is 13.6. The summed E-state index contributed by atoms with van der Waals surface area (Å²) in [5.41, 5.74) is 6.71. The van der Waals surface area contributed by atoms with Gasteiger partial charge in [0.1, 0.15) is 0 Å². The molecule has 124 valence electrons. The van der Waals surface area contributed by atoms with Gasteiger partial charge >= 0.3 is 0 Å². The van der Waals surface area contributed by atoms with Crippen molar-refractivity contribution in [1.82, 2.24) is 10.6 Å². The molecule has 2 aromatic rings. The highest BCUT2D eigenvalue weighted by atomic mass is 32.1. The molecule has 1 aromatic heterocycles. The fraction of sp³-hybridized carbons (Fsp3) is 0.500. The van der Waals surface area contributed by atoms with Crippen molar-refractivity contribution in [3.05, 3.63) is 29.8 Å². The predicted octanol–water partition coefficient (Wildman–Crippen LogP) is 3.24. The first-order valence-electron chi connectivity index (χ1n) is 8.38. The fourth-order valence-electron chi connectivity index (χ4n) is 3.55. The van der Waals surface area contributed by atoms with Crippen LogP contribution >= 0.6 is 11.3 Å². The smallest absolute Gasteiger partial charge is 0.254 e. The topological polar surface area (TPSA) is 67.1 Å². The van der Waals surface area contributed by atoms with Crippen LogP contribution < -0.4 is 16.4 Å². The van der Waals surface area contributed by atoms with E-state index in [1.807, 2.05) is 31.3 Å². The van der Waals surface area contributed by atoms with Crippen LogP contribution in [0.1, 0.15) is 36.0 Å². The van der Waals surface area contributed by atoms with Crippen molar-refractivity contribution in [2.45, 2.75) is 25.7 Å². The van der Waals surface area contributed by atoms with Crippen LogP contribution in [0.2, 0.25) is 0 Å². The lowest BCUT2D eigenvalue weighted by Crippen LogP contribution is -2.32. The summed E-state index contributed by atoms with van der Waals surface area (Å²) in [4.78, 5) is 12.6. The number of nitrogen functional groups attached to an aromatic ring is 1. The van der Waals surface area contributed by atoms with Crippen molar-refractivity contribution in [3.63, 3.8) is 0 Å². The molecule has 5 heteroatoms. The Kier molecular flexibility index (Phi) is 5.18. The summed E-state index contributed by atoms with van der Waals surface area (Å²) in [5, 5.41) is 7.94. The van der Waals surface area contributed by atoms with E-state index in [1.54, 1.807) is 0 Å². The maximum Gasteiger partial charge on any atom is 0.254 e. The lowest BCUT2D eigenvalue weighted by Gasteiger charge is -2.28. The minimum atomic E-state index is -0.0303. The molecule has 0 atom stereocenters. The van der Waals surface area contributed by atoms with E-state index in [2.05, 4.69) is 10.6 Å². The van der Waals surface area contributed by atoms with Gasteiger partial charge in [-0.05, 0) is 57.2 Å². The van der Waals surface area contributed by atoms with Gasteiger partial charge in [0.15, 0.2) is 0 Å². The lowest BCUT2D eigenvalue weighted by molar-refractivity contribution is 0.0944. The number of nitrogens with two attached hydrogens (primary N) is 1. The molecule has 4 nitrogen and oxygen atoms in total. The molecule has 0 saturated heterocycles. The Labute approximate surface area is 141 Å². The summed E-state index contributed by atoms with van der Waals surface area (Å²) >= 11 is 1.48. The predicted molar refractivity (Wildman–Crippen MR) is 97.9 cm³/mol. The number of amides is 1. The number of nitrogens with one attached hydrogen (secondary N) is 2. The highest BCUT2D eigenvalue weighted by Crippen LogP contribution is 2.33. The molecule has 23 heavy (non-hydrogen) atoms. The zero-order chi connectivity index (χ0) is 16.2. The standard InChI is InChI=1S/C18H25N3OS/c1-20-10-12-6-8-13(9-7-12)11-21-18(22)16-14-4-2-3-5-15(14)23-17(16)19/h2-5,12-13,20H,6-11,19H2,1H3,(H,21,22)/t12-,13-. The lowest BCUT2D eigenvalue weighted by atomic mass is 9.82. The van der Waals surface area contributed by atoms with E-state index in [9.17, 15) is 4.79 Å². The number of carbonyl (C=O) groups is 1. The number of rotatable bonds is 5. The van der Waals surface area contributed by atoms with E-state index < -0.39 is 0 Å². The Balaban J connectivity index is 1.58. The normalized spacial score (nSPS) is 21.4. The van der Waals surface area contributed by atoms with E-state index >= 15 is 0 Å². The van der Waals surface area contributed by atoms with Gasteiger partial charge in [-0.15, -0.1) is 11.3 Å². The number of hydrogen-bond acceptors (Lipinski definition) is 4. The SMILES string of the molecule is CNC[C@H]1CC[C@H](CNC(=O)c2c(N)sc3ccccc23)CC1. The Morgan fingerprint density at radius 1 is 1.17 bits per heavy atom. The Morgan fingerprint density at radius 2 is 1.83 bits per heavy atom. The first-order chi connectivity index (χ1) is 11.2. The summed E-state index contributed by atoms with van der Waals surface area (Å²) < 4.78 is 1.07. The van der Waals surface area contributed by atoms with Crippen LogP contribution in [0.25, 0.3) is 10.1 Å². The molecule has 1 heterocycles. The van der Waals surface area contributed by atoms with Crippen molar-refractivity contribution >= 4 is 32.3 Å². The molecular weight excluding hydrogens is 306 g/mol. The molecule has 4 N–H and O–H groups in total. The van der Waals surface area contributed by atoms with Gasteiger partial charge in [-0.3, -0.25) is 4.79 Å². The number of anilines is 1. The molecular formula is C18H25N3OS. The van der Waals surface area contributed by atoms with Crippen LogP contribution in [-0.4, -0.2) is 26.0 Å². The Hall–Kier alpha value is -1.59. The fourth-order valence-corrected chi connectivity index (χ4v) is 4.52. The van der Waals surface area contributed by atoms with E-state index in [0.717, 1.165) is 29.1 Å². The molecule has 0 aliphatic heterocycles. The highest BCUT2D eigenvalue weighted by Gasteiger charge is 2.22. The van der Waals surface area contributed by atoms with E-state index in [4.69, 9.17) is 5.73 Å². The van der Waals surface area contributed by atoms with Crippen LogP contribution in [0.3, 0.4) is 0 Å². The zero-order valence-corrected chi connectivity index (χ0v) is 14.4. The van der Waals surface area contributed by atoms with Gasteiger partial charge in [-0.25, -0.2) is 0 Å². The van der Waals surface area contributed by atoms with Gasteiger partial charge in [-0.2, -0.15) is 0 Å². The van der Waals surface area contributed by atoms with Crippen LogP contribution in [0, 0.1) is 11.8 Å². The molecule has 1 amide bonds. The maximum atomic E-state index is 12.6. The second-order valence-electron chi connectivity index (χ2n) is 6.49. The van der Waals surface area contributed by atoms with Crippen LogP contribution in [0.5, 0.6) is 0 Å². The molecule has 3 rings (SSSR count). The van der Waals surface area contributed by atoms with E-state index in [0.29, 0.717) is 16.5 Å². The summed E-state index contributed by atoms with van der Waals surface area (Å²) in [5.74, 6) is 1.36.